The van der Waals surface area contributed by atoms with E-state index in [4.69, 9.17) is 0 Å². The normalized spacial score (nSPS) is 29.0. The molecule has 1 aromatic heterocycles. The lowest BCUT2D eigenvalue weighted by molar-refractivity contribution is 0.465. The molecule has 4 heteroatoms. The van der Waals surface area contributed by atoms with Gasteiger partial charge in [-0.1, -0.05) is 0 Å². The molecule has 2 unspecified atom stereocenters. The SMILES string of the molecule is Cn1cc(I)c(C2CC2F)n1. The lowest BCUT2D eigenvalue weighted by Gasteiger charge is -1.88. The molecule has 2 rings (SSSR count). The van der Waals surface area contributed by atoms with E-state index in [2.05, 4.69) is 27.7 Å². The number of alkyl halides is 1. The highest BCUT2D eigenvalue weighted by Crippen LogP contribution is 2.44. The summed E-state index contributed by atoms with van der Waals surface area (Å²) in [4.78, 5) is 0. The van der Waals surface area contributed by atoms with Crippen LogP contribution in [0.3, 0.4) is 0 Å². The summed E-state index contributed by atoms with van der Waals surface area (Å²) in [5, 5.41) is 4.19. The minimum atomic E-state index is -0.640. The zero-order chi connectivity index (χ0) is 8.01. The highest BCUT2D eigenvalue weighted by Gasteiger charge is 2.41. The first-order valence-electron chi connectivity index (χ1n) is 3.51. The number of hydrogen-bond acceptors (Lipinski definition) is 1. The van der Waals surface area contributed by atoms with Gasteiger partial charge in [0.25, 0.3) is 0 Å². The van der Waals surface area contributed by atoms with Crippen molar-refractivity contribution in [2.24, 2.45) is 7.05 Å². The number of halogens is 2. The van der Waals surface area contributed by atoms with Gasteiger partial charge in [0.05, 0.1) is 9.26 Å². The third kappa shape index (κ3) is 1.28. The predicted octanol–water partition coefficient (Wildman–Crippen LogP) is 1.85. The average molecular weight is 266 g/mol. The van der Waals surface area contributed by atoms with Crippen molar-refractivity contribution in [2.75, 3.05) is 0 Å². The van der Waals surface area contributed by atoms with E-state index in [-0.39, 0.29) is 5.92 Å². The highest BCUT2D eigenvalue weighted by molar-refractivity contribution is 14.1. The fourth-order valence-electron chi connectivity index (χ4n) is 1.17. The smallest absolute Gasteiger partial charge is 0.109 e. The van der Waals surface area contributed by atoms with Crippen LogP contribution in [-0.2, 0) is 7.05 Å². The molecule has 0 saturated heterocycles. The van der Waals surface area contributed by atoms with Gasteiger partial charge in [-0.15, -0.1) is 0 Å². The molecule has 1 aromatic rings. The van der Waals surface area contributed by atoms with E-state index in [1.807, 2.05) is 13.2 Å². The van der Waals surface area contributed by atoms with Crippen LogP contribution in [0.4, 0.5) is 4.39 Å². The predicted molar refractivity (Wildman–Crippen MR) is 48.2 cm³/mol. The fourth-order valence-corrected chi connectivity index (χ4v) is 2.09. The van der Waals surface area contributed by atoms with Crippen molar-refractivity contribution in [3.05, 3.63) is 15.5 Å². The molecule has 0 spiro atoms. The molecule has 0 radical (unpaired) electrons. The summed E-state index contributed by atoms with van der Waals surface area (Å²) in [7, 11) is 1.86. The van der Waals surface area contributed by atoms with Gasteiger partial charge in [0.2, 0.25) is 0 Å². The largest absolute Gasteiger partial charge is 0.274 e. The van der Waals surface area contributed by atoms with Crippen molar-refractivity contribution < 1.29 is 4.39 Å². The maximum atomic E-state index is 12.6. The van der Waals surface area contributed by atoms with Crippen molar-refractivity contribution in [3.8, 4) is 0 Å². The Labute approximate surface area is 77.9 Å². The standard InChI is InChI=1S/C7H8FIN2/c1-11-3-6(9)7(10-11)4-2-5(4)8/h3-5H,2H2,1H3. The van der Waals surface area contributed by atoms with E-state index >= 15 is 0 Å². The van der Waals surface area contributed by atoms with Gasteiger partial charge in [0.1, 0.15) is 6.17 Å². The molecule has 1 saturated carbocycles. The zero-order valence-corrected chi connectivity index (χ0v) is 8.25. The van der Waals surface area contributed by atoms with Gasteiger partial charge in [-0.3, -0.25) is 4.68 Å². The Kier molecular flexibility index (Phi) is 1.66. The summed E-state index contributed by atoms with van der Waals surface area (Å²) in [6.07, 6.45) is 1.94. The van der Waals surface area contributed by atoms with Gasteiger partial charge >= 0.3 is 0 Å². The Morgan fingerprint density at radius 2 is 2.45 bits per heavy atom. The molecular weight excluding hydrogens is 258 g/mol. The van der Waals surface area contributed by atoms with Crippen molar-refractivity contribution in [3.63, 3.8) is 0 Å². The van der Waals surface area contributed by atoms with Crippen LogP contribution in [0.25, 0.3) is 0 Å². The van der Waals surface area contributed by atoms with E-state index < -0.39 is 6.17 Å². The molecule has 1 aliphatic carbocycles. The monoisotopic (exact) mass is 266 g/mol. The summed E-state index contributed by atoms with van der Waals surface area (Å²) in [5.74, 6) is 0.0862. The molecule has 11 heavy (non-hydrogen) atoms. The maximum absolute atomic E-state index is 12.6. The van der Waals surface area contributed by atoms with Crippen LogP contribution in [0.2, 0.25) is 0 Å². The summed E-state index contributed by atoms with van der Waals surface area (Å²) in [5.41, 5.74) is 0.931. The molecule has 0 amide bonds. The highest BCUT2D eigenvalue weighted by atomic mass is 127. The topological polar surface area (TPSA) is 17.8 Å². The molecule has 0 bridgehead atoms. The second-order valence-corrected chi connectivity index (χ2v) is 4.06. The number of rotatable bonds is 1. The van der Waals surface area contributed by atoms with E-state index in [1.54, 1.807) is 4.68 Å². The maximum Gasteiger partial charge on any atom is 0.109 e. The summed E-state index contributed by atoms with van der Waals surface area (Å²) in [6.45, 7) is 0. The number of hydrogen-bond donors (Lipinski definition) is 0. The molecule has 1 aliphatic rings. The van der Waals surface area contributed by atoms with E-state index in [0.29, 0.717) is 6.42 Å². The lowest BCUT2D eigenvalue weighted by atomic mass is 10.3. The summed E-state index contributed by atoms with van der Waals surface area (Å²) in [6, 6.07) is 0. The number of aromatic nitrogens is 2. The third-order valence-corrected chi connectivity index (χ3v) is 2.71. The molecule has 60 valence electrons. The second kappa shape index (κ2) is 2.43. The van der Waals surface area contributed by atoms with E-state index in [9.17, 15) is 4.39 Å². The van der Waals surface area contributed by atoms with Gasteiger partial charge in [-0.2, -0.15) is 5.10 Å². The van der Waals surface area contributed by atoms with Gasteiger partial charge in [-0.25, -0.2) is 4.39 Å². The first kappa shape index (κ1) is 7.52. The van der Waals surface area contributed by atoms with Crippen LogP contribution < -0.4 is 0 Å². The molecule has 1 fully saturated rings. The first-order valence-corrected chi connectivity index (χ1v) is 4.59. The van der Waals surface area contributed by atoms with Crippen molar-refractivity contribution in [2.45, 2.75) is 18.5 Å². The van der Waals surface area contributed by atoms with Crippen LogP contribution in [0.1, 0.15) is 18.0 Å². The second-order valence-electron chi connectivity index (χ2n) is 2.89. The molecule has 1 heterocycles. The van der Waals surface area contributed by atoms with Crippen LogP contribution in [0.5, 0.6) is 0 Å². The van der Waals surface area contributed by atoms with Crippen LogP contribution in [-0.4, -0.2) is 16.0 Å². The average Bonchev–Trinajstić information content (AvgIpc) is 2.52. The minimum Gasteiger partial charge on any atom is -0.274 e. The summed E-state index contributed by atoms with van der Waals surface area (Å²) < 4.78 is 15.4. The number of nitrogens with zero attached hydrogens (tertiary/aromatic N) is 2. The molecule has 0 aliphatic heterocycles. The molecule has 2 atom stereocenters. The van der Waals surface area contributed by atoms with Crippen LogP contribution in [0.15, 0.2) is 6.20 Å². The molecule has 2 nitrogen and oxygen atoms in total. The van der Waals surface area contributed by atoms with Gasteiger partial charge in [-0.05, 0) is 29.0 Å². The Hall–Kier alpha value is -0.130. The minimum absolute atomic E-state index is 0.0862. The fraction of sp³-hybridized carbons (Fsp3) is 0.571. The van der Waals surface area contributed by atoms with E-state index in [1.165, 1.54) is 0 Å². The Balaban J connectivity index is 2.30. The third-order valence-electron chi connectivity index (χ3n) is 1.87. The van der Waals surface area contributed by atoms with Crippen LogP contribution in [0, 0.1) is 3.57 Å². The Bertz CT molecular complexity index is 284. The lowest BCUT2D eigenvalue weighted by Crippen LogP contribution is -1.90. The van der Waals surface area contributed by atoms with Gasteiger partial charge in [0, 0.05) is 19.2 Å². The van der Waals surface area contributed by atoms with Crippen molar-refractivity contribution >= 4 is 22.6 Å². The zero-order valence-electron chi connectivity index (χ0n) is 6.09. The molecular formula is C7H8FIN2. The molecule has 0 N–H and O–H groups in total. The Morgan fingerprint density at radius 1 is 1.82 bits per heavy atom. The van der Waals surface area contributed by atoms with Crippen molar-refractivity contribution in [1.82, 2.24) is 9.78 Å². The van der Waals surface area contributed by atoms with E-state index in [0.717, 1.165) is 9.26 Å². The van der Waals surface area contributed by atoms with Gasteiger partial charge in [0.15, 0.2) is 0 Å². The quantitative estimate of drug-likeness (QED) is 0.709. The Morgan fingerprint density at radius 3 is 2.82 bits per heavy atom. The van der Waals surface area contributed by atoms with Crippen LogP contribution >= 0.6 is 22.6 Å². The first-order chi connectivity index (χ1) is 5.18. The number of aryl methyl sites for hydroxylation is 1. The summed E-state index contributed by atoms with van der Waals surface area (Å²) >= 11 is 2.20. The van der Waals surface area contributed by atoms with Crippen molar-refractivity contribution in [1.29, 1.82) is 0 Å². The molecule has 0 aromatic carbocycles. The van der Waals surface area contributed by atoms with Gasteiger partial charge < -0.3 is 0 Å².